The lowest BCUT2D eigenvalue weighted by atomic mass is 10.1. The molecule has 0 aliphatic carbocycles. The third-order valence-electron chi connectivity index (χ3n) is 4.60. The topological polar surface area (TPSA) is 106 Å². The van der Waals surface area contributed by atoms with E-state index in [4.69, 9.17) is 12.2 Å². The molecular formula is C22H22N4O3S3. The lowest BCUT2D eigenvalue weighted by molar-refractivity contribution is -0.115. The highest BCUT2D eigenvalue weighted by Crippen LogP contribution is 2.28. The number of nitriles is 1. The van der Waals surface area contributed by atoms with Gasteiger partial charge in [0.15, 0.2) is 3.95 Å². The third kappa shape index (κ3) is 5.14. The minimum Gasteiger partial charge on any atom is -0.337 e. The van der Waals surface area contributed by atoms with Crippen molar-refractivity contribution in [2.75, 3.05) is 11.4 Å². The number of benzene rings is 2. The van der Waals surface area contributed by atoms with E-state index in [1.807, 2.05) is 38.1 Å². The van der Waals surface area contributed by atoms with E-state index in [9.17, 15) is 18.5 Å². The number of hydrogen-bond acceptors (Lipinski definition) is 6. The maximum atomic E-state index is 13.3. The number of nitrogens with zero attached hydrogens (tertiary/aromatic N) is 2. The number of amides is 1. The van der Waals surface area contributed by atoms with Crippen LogP contribution in [-0.4, -0.2) is 31.9 Å². The quantitative estimate of drug-likeness (QED) is 0.288. The number of nitrogens with one attached hydrogen (secondary N) is 2. The zero-order valence-corrected chi connectivity index (χ0v) is 20.2. The summed E-state index contributed by atoms with van der Waals surface area (Å²) in [6, 6.07) is 13.3. The van der Waals surface area contributed by atoms with Gasteiger partial charge in [0, 0.05) is 18.3 Å². The van der Waals surface area contributed by atoms with Gasteiger partial charge in [0.1, 0.15) is 11.6 Å². The molecule has 32 heavy (non-hydrogen) atoms. The second kappa shape index (κ2) is 9.75. The highest BCUT2D eigenvalue weighted by molar-refractivity contribution is 7.89. The molecule has 0 radical (unpaired) electrons. The number of fused-ring (bicyclic) bond motifs is 1. The van der Waals surface area contributed by atoms with E-state index in [0.29, 0.717) is 15.2 Å². The number of rotatable bonds is 7. The number of carbonyl (C=O) groups excluding carboxylic acids is 1. The van der Waals surface area contributed by atoms with Crippen molar-refractivity contribution in [3.05, 3.63) is 57.6 Å². The van der Waals surface area contributed by atoms with Crippen LogP contribution in [0.25, 0.3) is 16.3 Å². The monoisotopic (exact) mass is 486 g/mol. The zero-order valence-electron chi connectivity index (χ0n) is 17.7. The summed E-state index contributed by atoms with van der Waals surface area (Å²) in [5, 5.41) is 9.68. The van der Waals surface area contributed by atoms with Crippen molar-refractivity contribution in [1.29, 1.82) is 5.26 Å². The Bertz CT molecular complexity index is 1380. The summed E-state index contributed by atoms with van der Waals surface area (Å²) < 4.78 is 28.2. The van der Waals surface area contributed by atoms with Gasteiger partial charge in [0.2, 0.25) is 10.0 Å². The van der Waals surface area contributed by atoms with Crippen molar-refractivity contribution in [3.8, 4) is 6.07 Å². The summed E-state index contributed by atoms with van der Waals surface area (Å²) in [6.45, 7) is 5.72. The van der Waals surface area contributed by atoms with Crippen LogP contribution >= 0.6 is 23.6 Å². The number of aromatic nitrogens is 1. The van der Waals surface area contributed by atoms with E-state index in [2.05, 4.69) is 9.71 Å². The summed E-state index contributed by atoms with van der Waals surface area (Å²) in [5.41, 5.74) is 2.05. The molecular weight excluding hydrogens is 464 g/mol. The van der Waals surface area contributed by atoms with Gasteiger partial charge < -0.3 is 9.88 Å². The predicted octanol–water partition coefficient (Wildman–Crippen LogP) is 4.61. The maximum Gasteiger partial charge on any atom is 0.269 e. The Hall–Kier alpha value is -2.84. The number of aromatic amines is 1. The molecule has 2 aromatic carbocycles. The van der Waals surface area contributed by atoms with Crippen molar-refractivity contribution >= 4 is 61.5 Å². The summed E-state index contributed by atoms with van der Waals surface area (Å²) in [6.07, 6.45) is 1.46. The number of hydrogen-bond donors (Lipinski definition) is 2. The first kappa shape index (κ1) is 23.8. The average Bonchev–Trinajstić information content (AvgIpc) is 3.11. The number of carbonyl (C=O) groups is 1. The molecule has 0 fully saturated rings. The lowest BCUT2D eigenvalue weighted by Gasteiger charge is -2.26. The van der Waals surface area contributed by atoms with Crippen LogP contribution in [0.3, 0.4) is 0 Å². The fourth-order valence-electron chi connectivity index (χ4n) is 3.19. The molecule has 10 heteroatoms. The summed E-state index contributed by atoms with van der Waals surface area (Å²) in [4.78, 5) is 18.0. The van der Waals surface area contributed by atoms with Gasteiger partial charge in [-0.1, -0.05) is 19.1 Å². The molecule has 3 aromatic rings. The Morgan fingerprint density at radius 1 is 1.28 bits per heavy atom. The average molecular weight is 487 g/mol. The van der Waals surface area contributed by atoms with Crippen molar-refractivity contribution < 1.29 is 13.2 Å². The predicted molar refractivity (Wildman–Crippen MR) is 131 cm³/mol. The molecule has 2 N–H and O–H groups in total. The molecule has 0 saturated carbocycles. The first-order valence-corrected chi connectivity index (χ1v) is 12.5. The lowest BCUT2D eigenvalue weighted by Crippen LogP contribution is -2.37. The van der Waals surface area contributed by atoms with Gasteiger partial charge in [-0.2, -0.15) is 5.26 Å². The minimum atomic E-state index is -3.57. The minimum absolute atomic E-state index is 0.0530. The Labute approximate surface area is 196 Å². The van der Waals surface area contributed by atoms with E-state index >= 15 is 0 Å². The second-order valence-electron chi connectivity index (χ2n) is 7.20. The largest absolute Gasteiger partial charge is 0.337 e. The van der Waals surface area contributed by atoms with Crippen LogP contribution in [0.1, 0.15) is 26.3 Å². The van der Waals surface area contributed by atoms with Gasteiger partial charge >= 0.3 is 0 Å². The molecule has 0 bridgehead atoms. The van der Waals surface area contributed by atoms with Gasteiger partial charge in [-0.25, -0.2) is 13.1 Å². The highest BCUT2D eigenvalue weighted by atomic mass is 32.2. The molecule has 166 valence electrons. The van der Waals surface area contributed by atoms with E-state index < -0.39 is 15.9 Å². The molecule has 0 aliphatic heterocycles. The fraction of sp³-hybridized carbons (Fsp3) is 0.227. The fourth-order valence-corrected chi connectivity index (χ4v) is 5.38. The van der Waals surface area contributed by atoms with Crippen LogP contribution < -0.4 is 9.62 Å². The molecule has 7 nitrogen and oxygen atoms in total. The number of anilines is 1. The number of H-pyrrole nitrogens is 1. The van der Waals surface area contributed by atoms with Crippen LogP contribution in [0.5, 0.6) is 0 Å². The van der Waals surface area contributed by atoms with E-state index in [0.717, 1.165) is 10.2 Å². The molecule has 1 heterocycles. The number of sulfonamides is 1. The molecule has 0 unspecified atom stereocenters. The SMILES string of the molecule is CCNS(=O)(=O)c1ccc(/C=C(/C#N)C(=O)N(c2ccc3[nH]c(=S)sc3c2)C(C)C)cc1. The van der Waals surface area contributed by atoms with Crippen LogP contribution in [0, 0.1) is 15.3 Å². The summed E-state index contributed by atoms with van der Waals surface area (Å²) in [5.74, 6) is -0.440. The molecule has 3 rings (SSSR count). The van der Waals surface area contributed by atoms with E-state index in [-0.39, 0.29) is 23.1 Å². The van der Waals surface area contributed by atoms with Gasteiger partial charge in [-0.05, 0) is 68.0 Å². The van der Waals surface area contributed by atoms with E-state index in [1.54, 1.807) is 24.0 Å². The zero-order chi connectivity index (χ0) is 23.5. The van der Waals surface area contributed by atoms with Crippen molar-refractivity contribution in [3.63, 3.8) is 0 Å². The molecule has 0 aliphatic rings. The van der Waals surface area contributed by atoms with Gasteiger partial charge in [-0.15, -0.1) is 11.3 Å². The first-order chi connectivity index (χ1) is 15.2. The van der Waals surface area contributed by atoms with E-state index in [1.165, 1.54) is 29.5 Å². The van der Waals surface area contributed by atoms with Crippen molar-refractivity contribution in [2.24, 2.45) is 0 Å². The van der Waals surface area contributed by atoms with Crippen LogP contribution in [0.2, 0.25) is 0 Å². The van der Waals surface area contributed by atoms with Gasteiger partial charge in [0.05, 0.1) is 15.1 Å². The van der Waals surface area contributed by atoms with Crippen LogP contribution in [-0.2, 0) is 14.8 Å². The van der Waals surface area contributed by atoms with Gasteiger partial charge in [-0.3, -0.25) is 4.79 Å². The van der Waals surface area contributed by atoms with Crippen molar-refractivity contribution in [2.45, 2.75) is 31.7 Å². The van der Waals surface area contributed by atoms with Crippen LogP contribution in [0.15, 0.2) is 52.9 Å². The van der Waals surface area contributed by atoms with Gasteiger partial charge in [0.25, 0.3) is 5.91 Å². The molecule has 0 spiro atoms. The second-order valence-corrected chi connectivity index (χ2v) is 10.7. The smallest absolute Gasteiger partial charge is 0.269 e. The maximum absolute atomic E-state index is 13.3. The normalized spacial score (nSPS) is 12.2. The summed E-state index contributed by atoms with van der Waals surface area (Å²) >= 11 is 6.61. The molecule has 1 aromatic heterocycles. The molecule has 0 saturated heterocycles. The Morgan fingerprint density at radius 3 is 2.56 bits per heavy atom. The standard InChI is InChI=1S/C22H22N4O3S3/c1-4-24-32(28,29)18-8-5-15(6-9-18)11-16(13-23)21(27)26(14(2)3)17-7-10-19-20(12-17)31-22(30)25-19/h5-12,14,24H,4H2,1-3H3,(H,25,30)/b16-11-. The van der Waals surface area contributed by atoms with Crippen LogP contribution in [0.4, 0.5) is 5.69 Å². The Balaban J connectivity index is 1.95. The first-order valence-electron chi connectivity index (χ1n) is 9.84. The van der Waals surface area contributed by atoms with Crippen molar-refractivity contribution in [1.82, 2.24) is 9.71 Å². The Morgan fingerprint density at radius 2 is 1.97 bits per heavy atom. The molecule has 1 amide bonds. The summed E-state index contributed by atoms with van der Waals surface area (Å²) in [7, 11) is -3.57. The highest BCUT2D eigenvalue weighted by Gasteiger charge is 2.23. The Kier molecular flexibility index (Phi) is 7.26. The third-order valence-corrected chi connectivity index (χ3v) is 7.36. The molecule has 0 atom stereocenters. The number of thiazole rings is 1.